The van der Waals surface area contributed by atoms with Crippen LogP contribution < -0.4 is -0.342 Å². The van der Waals surface area contributed by atoms with Gasteiger partial charge in [0.1, 0.15) is 0 Å². The van der Waals surface area contributed by atoms with E-state index < -0.39 is 21.8 Å². The Hall–Kier alpha value is 0.691. The summed E-state index contributed by atoms with van der Waals surface area (Å²) in [4.78, 5) is 0. The molecule has 17 heteroatoms. The van der Waals surface area contributed by atoms with E-state index in [0.29, 0.717) is 0 Å². The van der Waals surface area contributed by atoms with Crippen molar-refractivity contribution >= 4 is 86.3 Å². The molecular weight excluding hydrogens is 451 g/mol. The molecule has 0 atom stereocenters. The van der Waals surface area contributed by atoms with Crippen molar-refractivity contribution in [3.8, 4) is 0 Å². The van der Waals surface area contributed by atoms with Crippen molar-refractivity contribution in [1.29, 1.82) is 0 Å². The average molecular weight is 456 g/mol. The number of benzene rings is 1. The molecule has 1 aromatic rings. The van der Waals surface area contributed by atoms with Crippen LogP contribution in [0, 0.1) is 0 Å². The van der Waals surface area contributed by atoms with Crippen molar-refractivity contribution in [3.05, 3.63) is 28.7 Å². The SMILES string of the molecule is F[B-](F)(F)F.F[B-](F)(F)F.F[B-](F)(F)F.[K][c]1ccc(Br)cc1. The van der Waals surface area contributed by atoms with Crippen molar-refractivity contribution in [3.63, 3.8) is 0 Å². The van der Waals surface area contributed by atoms with Gasteiger partial charge in [-0.25, -0.2) is 0 Å². The van der Waals surface area contributed by atoms with E-state index in [0.717, 1.165) is 49.0 Å². The van der Waals surface area contributed by atoms with E-state index in [1.807, 2.05) is 0 Å². The van der Waals surface area contributed by atoms with Crippen molar-refractivity contribution < 1.29 is 51.8 Å². The van der Waals surface area contributed by atoms with Crippen LogP contribution in [0.15, 0.2) is 28.7 Å². The molecule has 23 heavy (non-hydrogen) atoms. The van der Waals surface area contributed by atoms with Crippen LogP contribution in [-0.4, -0.2) is 70.7 Å². The van der Waals surface area contributed by atoms with Crippen LogP contribution in [0.1, 0.15) is 0 Å². The fourth-order valence-corrected chi connectivity index (χ4v) is 1.32. The molecule has 0 aliphatic carbocycles. The van der Waals surface area contributed by atoms with E-state index in [-0.39, 0.29) is 0 Å². The zero-order valence-corrected chi connectivity index (χ0v) is 15.7. The van der Waals surface area contributed by atoms with Crippen molar-refractivity contribution in [2.75, 3.05) is 0 Å². The number of hydrogen-bond donors (Lipinski definition) is 0. The maximum atomic E-state index is 9.75. The molecule has 0 amide bonds. The topological polar surface area (TPSA) is 0 Å². The van der Waals surface area contributed by atoms with Gasteiger partial charge in [-0.15, -0.1) is 0 Å². The molecule has 1 aromatic carbocycles. The fourth-order valence-electron chi connectivity index (χ4n) is 0.533. The number of hydrogen-bond acceptors (Lipinski definition) is 0. The quantitative estimate of drug-likeness (QED) is 0.375. The Morgan fingerprint density at radius 3 is 0.870 bits per heavy atom. The van der Waals surface area contributed by atoms with Gasteiger partial charge in [0.05, 0.1) is 0 Å². The van der Waals surface area contributed by atoms with E-state index in [4.69, 9.17) is 0 Å². The van der Waals surface area contributed by atoms with E-state index >= 15 is 0 Å². The summed E-state index contributed by atoms with van der Waals surface area (Å²) in [5, 5.41) is 0. The van der Waals surface area contributed by atoms with Gasteiger partial charge in [-0.05, 0) is 0 Å². The molecule has 0 saturated carbocycles. The van der Waals surface area contributed by atoms with Gasteiger partial charge < -0.3 is 51.8 Å². The standard InChI is InChI=1S/C6H4Br.3BF4.K/c7-6-4-2-1-3-5-6;3*2-1(3,4)5;/h2-5H;;;;/q;3*-1;. The summed E-state index contributed by atoms with van der Waals surface area (Å²) in [6, 6.07) is 8.48. The molecule has 0 aliphatic heterocycles. The van der Waals surface area contributed by atoms with Gasteiger partial charge in [-0.3, -0.25) is 0 Å². The molecule has 0 radical (unpaired) electrons. The molecule has 0 nitrogen and oxygen atoms in total. The van der Waals surface area contributed by atoms with E-state index in [1.165, 1.54) is 4.13 Å². The van der Waals surface area contributed by atoms with Crippen molar-refractivity contribution in [1.82, 2.24) is 0 Å². The Morgan fingerprint density at radius 1 is 0.565 bits per heavy atom. The number of rotatable bonds is 0. The van der Waals surface area contributed by atoms with Crippen LogP contribution in [-0.2, 0) is 0 Å². The molecule has 1 rings (SSSR count). The summed E-state index contributed by atoms with van der Waals surface area (Å²) in [5.41, 5.74) is 0. The second-order valence-corrected chi connectivity index (χ2v) is 6.00. The Balaban J connectivity index is -0.000000240. The second kappa shape index (κ2) is 13.0. The van der Waals surface area contributed by atoms with Gasteiger partial charge >= 0.3 is 115 Å². The van der Waals surface area contributed by atoms with Crippen molar-refractivity contribution in [2.24, 2.45) is 0 Å². The van der Waals surface area contributed by atoms with Crippen LogP contribution >= 0.6 is 15.9 Å². The molecule has 0 fully saturated rings. The predicted octanol–water partition coefficient (Wildman–Crippen LogP) is 5.14. The third-order valence-corrected chi connectivity index (χ3v) is 2.58. The first-order valence-electron chi connectivity index (χ1n) is 5.13. The van der Waals surface area contributed by atoms with Gasteiger partial charge in [-0.1, -0.05) is 0 Å². The minimum absolute atomic E-state index is 0.827. The van der Waals surface area contributed by atoms with E-state index in [1.54, 1.807) is 0 Å². The summed E-state index contributed by atoms with van der Waals surface area (Å²) in [6.45, 7) is 0. The van der Waals surface area contributed by atoms with Crippen LogP contribution in [0.4, 0.5) is 51.8 Å². The van der Waals surface area contributed by atoms with Crippen LogP contribution in [0.5, 0.6) is 0 Å². The summed E-state index contributed by atoms with van der Waals surface area (Å²) < 4.78 is 120. The Labute approximate surface area is 165 Å². The van der Waals surface area contributed by atoms with Crippen molar-refractivity contribution in [2.45, 2.75) is 0 Å². The monoisotopic (exact) mass is 455 g/mol. The van der Waals surface area contributed by atoms with Crippen LogP contribution in [0.2, 0.25) is 0 Å². The summed E-state index contributed by atoms with van der Waals surface area (Å²) in [6.07, 6.45) is 0. The van der Waals surface area contributed by atoms with Crippen LogP contribution in [0.3, 0.4) is 0 Å². The summed E-state index contributed by atoms with van der Waals surface area (Å²) in [5.74, 6) is 0. The summed E-state index contributed by atoms with van der Waals surface area (Å²) >= 11 is 4.19. The minimum atomic E-state index is -6.00. The van der Waals surface area contributed by atoms with Crippen LogP contribution in [0.25, 0.3) is 0 Å². The van der Waals surface area contributed by atoms with E-state index in [9.17, 15) is 51.8 Å². The molecule has 0 bridgehead atoms. The summed E-state index contributed by atoms with van der Waals surface area (Å²) in [7, 11) is -18.0. The van der Waals surface area contributed by atoms with Gasteiger partial charge in [0, 0.05) is 0 Å². The molecule has 132 valence electrons. The first-order valence-corrected chi connectivity index (χ1v) is 7.48. The maximum absolute atomic E-state index is 9.75. The zero-order chi connectivity index (χ0) is 19.5. The zero-order valence-electron chi connectivity index (χ0n) is 11.0. The molecule has 0 N–H and O–H groups in total. The van der Waals surface area contributed by atoms with Gasteiger partial charge in [0.25, 0.3) is 0 Å². The molecule has 0 unspecified atom stereocenters. The number of halogens is 13. The molecule has 0 heterocycles. The molecule has 0 spiro atoms. The molecular formula is C6H4B3BrF12K-3. The second-order valence-electron chi connectivity index (χ2n) is 3.28. The van der Waals surface area contributed by atoms with Gasteiger partial charge in [0.2, 0.25) is 0 Å². The Kier molecular flexibility index (Phi) is 16.1. The van der Waals surface area contributed by atoms with Gasteiger partial charge in [0.15, 0.2) is 0 Å². The predicted molar refractivity (Wildman–Crippen MR) is 70.1 cm³/mol. The molecule has 0 aliphatic rings. The first kappa shape index (κ1) is 28.5. The molecule has 0 saturated heterocycles. The normalized spacial score (nSPS) is 11.1. The Bertz CT molecular complexity index is 334. The third-order valence-electron chi connectivity index (χ3n) is 1.01. The first-order chi connectivity index (χ1) is 9.79. The fraction of sp³-hybridized carbons (Fsp3) is 0. The van der Waals surface area contributed by atoms with Gasteiger partial charge in [-0.2, -0.15) is 0 Å². The van der Waals surface area contributed by atoms with E-state index in [2.05, 4.69) is 40.2 Å². The Morgan fingerprint density at radius 2 is 0.739 bits per heavy atom. The third kappa shape index (κ3) is 85.0. The average Bonchev–Trinajstić information content (AvgIpc) is 2.14. The molecule has 0 aromatic heterocycles.